The van der Waals surface area contributed by atoms with Crippen LogP contribution in [0.25, 0.3) is 11.2 Å². The molecule has 2 aliphatic rings. The molecule has 0 radical (unpaired) electrons. The van der Waals surface area contributed by atoms with Gasteiger partial charge < -0.3 is 24.4 Å². The van der Waals surface area contributed by atoms with Crippen LogP contribution in [0.3, 0.4) is 0 Å². The molecule has 214 valence electrons. The van der Waals surface area contributed by atoms with Crippen molar-refractivity contribution in [3.63, 3.8) is 0 Å². The van der Waals surface area contributed by atoms with Gasteiger partial charge in [0.25, 0.3) is 30.4 Å². The fourth-order valence-corrected chi connectivity index (χ4v) is 6.37. The maximum absolute atomic E-state index is 12.0. The Bertz CT molecular complexity index is 1440. The Morgan fingerprint density at radius 1 is 0.816 bits per heavy atom. The number of hydrogen-bond donors (Lipinski definition) is 2. The highest BCUT2D eigenvalue weighted by Crippen LogP contribution is 2.38. The van der Waals surface area contributed by atoms with Crippen LogP contribution in [0, 0.1) is 0 Å². The summed E-state index contributed by atoms with van der Waals surface area (Å²) in [6.07, 6.45) is -5.81. The van der Waals surface area contributed by atoms with Crippen LogP contribution >= 0.6 is 0 Å². The first-order valence-corrected chi connectivity index (χ1v) is 16.5. The van der Waals surface area contributed by atoms with E-state index in [9.17, 15) is 35.5 Å². The summed E-state index contributed by atoms with van der Waals surface area (Å²) in [5.41, 5.74) is 0.368. The van der Waals surface area contributed by atoms with E-state index >= 15 is 0 Å². The SMILES string of the molecule is CS(=O)(=O)OC1[C@@H](OS(C)(=O)=O)[C@@H](O)C(n2cnc3c(N4CCOCC4)ncnc32)[C@@H](O)[C@H]1OS(C)(=O)=O. The number of imidazole rings is 1. The lowest BCUT2D eigenvalue weighted by atomic mass is 9.83. The first kappa shape index (κ1) is 29.0. The van der Waals surface area contributed by atoms with Crippen LogP contribution in [0.1, 0.15) is 6.04 Å². The molecule has 17 nitrogen and oxygen atoms in total. The van der Waals surface area contributed by atoms with Crippen molar-refractivity contribution >= 4 is 47.3 Å². The largest absolute Gasteiger partial charge is 0.388 e. The fraction of sp³-hybridized carbons (Fsp3) is 0.722. The molecule has 3 heterocycles. The summed E-state index contributed by atoms with van der Waals surface area (Å²) in [6, 6.07) is -1.58. The van der Waals surface area contributed by atoms with Gasteiger partial charge in [-0.2, -0.15) is 25.3 Å². The molecule has 6 atom stereocenters. The lowest BCUT2D eigenvalue weighted by Gasteiger charge is -2.45. The van der Waals surface area contributed by atoms with Gasteiger partial charge in [-0.15, -0.1) is 0 Å². The Balaban J connectivity index is 1.85. The third-order valence-corrected chi connectivity index (χ3v) is 7.57. The number of aliphatic hydroxyl groups excluding tert-OH is 2. The Morgan fingerprint density at radius 2 is 1.32 bits per heavy atom. The lowest BCUT2D eigenvalue weighted by Crippen LogP contribution is -2.64. The van der Waals surface area contributed by atoms with Gasteiger partial charge in [0.05, 0.1) is 44.4 Å². The fourth-order valence-electron chi connectivity index (χ4n) is 4.50. The molecule has 4 rings (SSSR count). The number of nitrogens with zero attached hydrogens (tertiary/aromatic N) is 5. The third-order valence-electron chi connectivity index (χ3n) is 5.85. The molecule has 1 saturated heterocycles. The zero-order chi connectivity index (χ0) is 28.0. The predicted octanol–water partition coefficient (Wildman–Crippen LogP) is -3.03. The Morgan fingerprint density at radius 3 is 1.82 bits per heavy atom. The number of anilines is 1. The molecule has 2 fully saturated rings. The van der Waals surface area contributed by atoms with E-state index in [1.54, 1.807) is 0 Å². The van der Waals surface area contributed by atoms with Gasteiger partial charge in [-0.3, -0.25) is 12.5 Å². The van der Waals surface area contributed by atoms with Gasteiger partial charge in [-0.25, -0.2) is 15.0 Å². The quantitative estimate of drug-likeness (QED) is 0.287. The van der Waals surface area contributed by atoms with Crippen molar-refractivity contribution in [1.82, 2.24) is 19.5 Å². The smallest absolute Gasteiger partial charge is 0.264 e. The lowest BCUT2D eigenvalue weighted by molar-refractivity contribution is -0.172. The number of ether oxygens (including phenoxy) is 1. The van der Waals surface area contributed by atoms with Crippen molar-refractivity contribution in [2.75, 3.05) is 50.0 Å². The molecule has 0 aromatic carbocycles. The molecule has 1 saturated carbocycles. The van der Waals surface area contributed by atoms with E-state index < -0.39 is 66.9 Å². The Hall–Kier alpha value is -2.04. The van der Waals surface area contributed by atoms with Crippen molar-refractivity contribution in [3.8, 4) is 0 Å². The minimum atomic E-state index is -4.40. The highest BCUT2D eigenvalue weighted by Gasteiger charge is 2.56. The van der Waals surface area contributed by atoms with Crippen LogP contribution in [0.5, 0.6) is 0 Å². The second kappa shape index (κ2) is 10.5. The molecule has 0 bridgehead atoms. The number of aromatic nitrogens is 4. The molecule has 2 unspecified atom stereocenters. The molecule has 1 aliphatic heterocycles. The van der Waals surface area contributed by atoms with Crippen molar-refractivity contribution in [2.45, 2.75) is 36.6 Å². The van der Waals surface area contributed by atoms with E-state index in [4.69, 9.17) is 17.3 Å². The average molecular weight is 602 g/mol. The first-order valence-electron chi connectivity index (χ1n) is 11.1. The highest BCUT2D eigenvalue weighted by atomic mass is 32.2. The van der Waals surface area contributed by atoms with Crippen LogP contribution in [0.2, 0.25) is 0 Å². The number of fused-ring (bicyclic) bond motifs is 1. The summed E-state index contributed by atoms with van der Waals surface area (Å²) in [5.74, 6) is 0.433. The average Bonchev–Trinajstić information content (AvgIpc) is 3.21. The third kappa shape index (κ3) is 6.39. The molecule has 0 amide bonds. The number of rotatable bonds is 8. The maximum Gasteiger partial charge on any atom is 0.264 e. The van der Waals surface area contributed by atoms with E-state index in [0.29, 0.717) is 50.9 Å². The molecular weight excluding hydrogens is 574 g/mol. The molecular formula is C18H27N5O12S3. The summed E-state index contributed by atoms with van der Waals surface area (Å²) in [4.78, 5) is 14.6. The van der Waals surface area contributed by atoms with Gasteiger partial charge in [0.1, 0.15) is 36.8 Å². The summed E-state index contributed by atoms with van der Waals surface area (Å²) < 4.78 is 93.4. The number of morpholine rings is 1. The second-order valence-corrected chi connectivity index (χ2v) is 13.7. The molecule has 20 heteroatoms. The van der Waals surface area contributed by atoms with Gasteiger partial charge >= 0.3 is 0 Å². The molecule has 38 heavy (non-hydrogen) atoms. The van der Waals surface area contributed by atoms with E-state index in [0.717, 1.165) is 0 Å². The molecule has 2 aromatic heterocycles. The number of hydrogen-bond acceptors (Lipinski definition) is 16. The molecule has 2 N–H and O–H groups in total. The van der Waals surface area contributed by atoms with Gasteiger partial charge in [-0.05, 0) is 0 Å². The minimum absolute atomic E-state index is 0.100. The normalized spacial score (nSPS) is 29.6. The molecule has 0 spiro atoms. The van der Waals surface area contributed by atoms with E-state index in [2.05, 4.69) is 15.0 Å². The van der Waals surface area contributed by atoms with E-state index in [1.165, 1.54) is 17.2 Å². The Kier molecular flexibility index (Phi) is 8.00. The summed E-state index contributed by atoms with van der Waals surface area (Å²) >= 11 is 0. The van der Waals surface area contributed by atoms with Crippen molar-refractivity contribution in [2.24, 2.45) is 0 Å². The summed E-state index contributed by atoms with van der Waals surface area (Å²) in [7, 11) is -13.2. The van der Waals surface area contributed by atoms with Crippen LogP contribution in [-0.2, 0) is 47.6 Å². The van der Waals surface area contributed by atoms with Crippen LogP contribution in [0.4, 0.5) is 5.82 Å². The van der Waals surface area contributed by atoms with E-state index in [-0.39, 0.29) is 11.2 Å². The Labute approximate surface area is 218 Å². The van der Waals surface area contributed by atoms with Crippen molar-refractivity contribution in [3.05, 3.63) is 12.7 Å². The van der Waals surface area contributed by atoms with Crippen LogP contribution in [0.15, 0.2) is 12.7 Å². The zero-order valence-corrected chi connectivity index (χ0v) is 22.8. The molecule has 1 aliphatic carbocycles. The zero-order valence-electron chi connectivity index (χ0n) is 20.4. The summed E-state index contributed by atoms with van der Waals surface area (Å²) in [5, 5.41) is 22.5. The van der Waals surface area contributed by atoms with Gasteiger partial charge in [0, 0.05) is 13.1 Å². The highest BCUT2D eigenvalue weighted by molar-refractivity contribution is 7.86. The standard InChI is InChI=1S/C18H27N5O12S3/c1-36(26,27)33-14-12(24)11(13(25)15(34-37(2,28)29)16(14)35-38(3,30)31)23-9-21-10-17(19-8-20-18(10)23)22-4-6-32-7-5-22/h8-9,11-16,24-25H,4-7H2,1-3H3/t11?,12-,13+,14-,15+,16?. The number of aliphatic hydroxyl groups is 2. The van der Waals surface area contributed by atoms with E-state index in [1.807, 2.05) is 4.90 Å². The van der Waals surface area contributed by atoms with Gasteiger partial charge in [0.15, 0.2) is 17.0 Å². The van der Waals surface area contributed by atoms with Crippen LogP contribution < -0.4 is 4.90 Å². The van der Waals surface area contributed by atoms with Gasteiger partial charge in [-0.1, -0.05) is 0 Å². The van der Waals surface area contributed by atoms with Gasteiger partial charge in [0.2, 0.25) is 0 Å². The maximum atomic E-state index is 12.0. The van der Waals surface area contributed by atoms with Crippen LogP contribution in [-0.4, -0.2) is 131 Å². The summed E-state index contributed by atoms with van der Waals surface area (Å²) in [6.45, 7) is 1.91. The minimum Gasteiger partial charge on any atom is -0.388 e. The predicted molar refractivity (Wildman–Crippen MR) is 129 cm³/mol. The molecule has 2 aromatic rings. The first-order chi connectivity index (χ1) is 17.6. The van der Waals surface area contributed by atoms with Crippen molar-refractivity contribution < 1.29 is 52.8 Å². The second-order valence-electron chi connectivity index (χ2n) is 8.89. The topological polar surface area (TPSA) is 227 Å². The van der Waals surface area contributed by atoms with Crippen molar-refractivity contribution in [1.29, 1.82) is 0 Å². The monoisotopic (exact) mass is 601 g/mol.